The van der Waals surface area contributed by atoms with E-state index in [4.69, 9.17) is 9.47 Å². The minimum Gasteiger partial charge on any atom is -0.489 e. The monoisotopic (exact) mass is 409 g/mol. The number of sulfonamides is 1. The van der Waals surface area contributed by atoms with Gasteiger partial charge in [-0.3, -0.25) is 4.79 Å². The van der Waals surface area contributed by atoms with Crippen molar-refractivity contribution in [1.82, 2.24) is 4.31 Å². The predicted octanol–water partition coefficient (Wildman–Crippen LogP) is 2.31. The number of hydrogen-bond acceptors (Lipinski definition) is 6. The Morgan fingerprint density at radius 2 is 2.14 bits per heavy atom. The number of ether oxygens (including phenoxy) is 2. The van der Waals surface area contributed by atoms with Gasteiger partial charge in [0, 0.05) is 12.5 Å². The maximum Gasteiger partial charge on any atom is 0.324 e. The second-order valence-corrected chi connectivity index (χ2v) is 9.57. The Labute approximate surface area is 166 Å². The van der Waals surface area contributed by atoms with Crippen LogP contribution in [0.5, 0.6) is 5.75 Å². The topological polar surface area (TPSA) is 90.0 Å². The lowest BCUT2D eigenvalue weighted by molar-refractivity contribution is -0.144. The maximum absolute atomic E-state index is 13.3. The number of aryl methyl sites for hydroxylation is 1. The molecule has 0 radical (unpaired) electrons. The third-order valence-corrected chi connectivity index (χ3v) is 7.43. The highest BCUT2D eigenvalue weighted by molar-refractivity contribution is 7.89. The van der Waals surface area contributed by atoms with Gasteiger partial charge in [-0.05, 0) is 63.1 Å². The molecule has 4 atom stereocenters. The number of aldehydes is 1. The quantitative estimate of drug-likeness (QED) is 0.483. The van der Waals surface area contributed by atoms with Gasteiger partial charge in [-0.25, -0.2) is 8.42 Å². The Morgan fingerprint density at radius 3 is 2.79 bits per heavy atom. The number of benzene rings is 1. The average molecular weight is 410 g/mol. The first-order chi connectivity index (χ1) is 13.3. The van der Waals surface area contributed by atoms with Crippen LogP contribution in [0.4, 0.5) is 0 Å². The fourth-order valence-corrected chi connectivity index (χ4v) is 5.60. The van der Waals surface area contributed by atoms with Gasteiger partial charge in [-0.1, -0.05) is 6.07 Å². The highest BCUT2D eigenvalue weighted by atomic mass is 32.2. The van der Waals surface area contributed by atoms with Crippen molar-refractivity contribution in [3.63, 3.8) is 0 Å². The second-order valence-electron chi connectivity index (χ2n) is 7.71. The van der Waals surface area contributed by atoms with Crippen LogP contribution >= 0.6 is 0 Å². The van der Waals surface area contributed by atoms with Gasteiger partial charge in [0.1, 0.15) is 23.0 Å². The van der Waals surface area contributed by atoms with Gasteiger partial charge in [0.15, 0.2) is 0 Å². The molecule has 28 heavy (non-hydrogen) atoms. The molecule has 154 valence electrons. The molecule has 1 unspecified atom stereocenters. The van der Waals surface area contributed by atoms with Crippen LogP contribution in [0.2, 0.25) is 0 Å². The number of carbonyl (C=O) groups excluding carboxylic acids is 2. The van der Waals surface area contributed by atoms with Crippen LogP contribution in [0.15, 0.2) is 23.1 Å². The first-order valence-corrected chi connectivity index (χ1v) is 11.0. The molecule has 0 amide bonds. The van der Waals surface area contributed by atoms with E-state index < -0.39 is 22.0 Å². The van der Waals surface area contributed by atoms with Crippen molar-refractivity contribution in [2.45, 2.75) is 56.6 Å². The molecule has 3 rings (SSSR count). The van der Waals surface area contributed by atoms with Crippen LogP contribution in [-0.2, 0) is 24.3 Å². The van der Waals surface area contributed by atoms with E-state index in [9.17, 15) is 18.0 Å². The van der Waals surface area contributed by atoms with E-state index in [1.165, 1.54) is 17.5 Å². The number of methoxy groups -OCH3 is 1. The van der Waals surface area contributed by atoms with E-state index in [1.807, 2.05) is 13.8 Å². The molecule has 7 nitrogen and oxygen atoms in total. The zero-order chi connectivity index (χ0) is 20.5. The Bertz CT molecular complexity index is 852. The van der Waals surface area contributed by atoms with E-state index in [2.05, 4.69) is 0 Å². The van der Waals surface area contributed by atoms with Gasteiger partial charge in [-0.15, -0.1) is 0 Å². The molecule has 1 saturated heterocycles. The normalized spacial score (nSPS) is 25.9. The molecule has 1 aliphatic heterocycles. The molecule has 1 heterocycles. The number of esters is 1. The number of hydrogen-bond donors (Lipinski definition) is 0. The molecule has 1 aromatic rings. The molecule has 2 aliphatic rings. The highest BCUT2D eigenvalue weighted by Crippen LogP contribution is 2.41. The Morgan fingerprint density at radius 1 is 1.39 bits per heavy atom. The summed E-state index contributed by atoms with van der Waals surface area (Å²) in [6.45, 7) is 4.02. The second kappa shape index (κ2) is 8.21. The number of rotatable bonds is 8. The van der Waals surface area contributed by atoms with Crippen LogP contribution in [0, 0.1) is 18.8 Å². The molecule has 0 aromatic heterocycles. The van der Waals surface area contributed by atoms with E-state index in [-0.39, 0.29) is 29.2 Å². The van der Waals surface area contributed by atoms with E-state index in [0.29, 0.717) is 25.2 Å². The molecular weight excluding hydrogens is 382 g/mol. The molecule has 8 heteroatoms. The van der Waals surface area contributed by atoms with Crippen LogP contribution in [-0.4, -0.2) is 50.8 Å². The van der Waals surface area contributed by atoms with Gasteiger partial charge in [0.05, 0.1) is 13.2 Å². The zero-order valence-electron chi connectivity index (χ0n) is 16.5. The molecule has 0 N–H and O–H groups in total. The van der Waals surface area contributed by atoms with Crippen molar-refractivity contribution in [2.75, 3.05) is 13.7 Å². The van der Waals surface area contributed by atoms with Gasteiger partial charge in [0.2, 0.25) is 10.0 Å². The van der Waals surface area contributed by atoms with Crippen molar-refractivity contribution < 1.29 is 27.5 Å². The third kappa shape index (κ3) is 4.22. The fraction of sp³-hybridized carbons (Fsp3) is 0.600. The number of carbonyl (C=O) groups is 2. The van der Waals surface area contributed by atoms with Crippen LogP contribution in [0.1, 0.15) is 38.2 Å². The van der Waals surface area contributed by atoms with Crippen molar-refractivity contribution in [3.05, 3.63) is 23.8 Å². The smallest absolute Gasteiger partial charge is 0.324 e. The minimum atomic E-state index is -3.91. The summed E-state index contributed by atoms with van der Waals surface area (Å²) >= 11 is 0. The van der Waals surface area contributed by atoms with Crippen molar-refractivity contribution in [2.24, 2.45) is 11.8 Å². The van der Waals surface area contributed by atoms with Crippen molar-refractivity contribution in [3.8, 4) is 5.75 Å². The van der Waals surface area contributed by atoms with E-state index in [0.717, 1.165) is 18.3 Å². The first kappa shape index (κ1) is 20.8. The molecule has 2 fully saturated rings. The van der Waals surface area contributed by atoms with E-state index in [1.54, 1.807) is 12.1 Å². The van der Waals surface area contributed by atoms with Crippen LogP contribution in [0.3, 0.4) is 0 Å². The van der Waals surface area contributed by atoms with Gasteiger partial charge < -0.3 is 14.3 Å². The summed E-state index contributed by atoms with van der Waals surface area (Å²) in [4.78, 5) is 22.9. The lowest BCUT2D eigenvalue weighted by atomic mass is 10.1. The summed E-state index contributed by atoms with van der Waals surface area (Å²) in [5.74, 6) is 0.140. The Kier molecular flexibility index (Phi) is 6.09. The molecule has 1 aliphatic carbocycles. The molecule has 0 spiro atoms. The van der Waals surface area contributed by atoms with Crippen molar-refractivity contribution >= 4 is 22.3 Å². The summed E-state index contributed by atoms with van der Waals surface area (Å²) < 4.78 is 38.6. The predicted molar refractivity (Wildman–Crippen MR) is 102 cm³/mol. The largest absolute Gasteiger partial charge is 0.489 e. The third-order valence-electron chi connectivity index (χ3n) is 5.48. The molecule has 0 bridgehead atoms. The first-order valence-electron chi connectivity index (χ1n) is 9.60. The molecular formula is C20H27NO6S. The SMILES string of the molecule is COC(=O)[C@@H]1CCCN1S(=O)(=O)c1ccc(C)cc1OC(C)C[C@@H]1C[C@H]1C=O. The summed E-state index contributed by atoms with van der Waals surface area (Å²) in [7, 11) is -2.65. The zero-order valence-corrected chi connectivity index (χ0v) is 17.3. The van der Waals surface area contributed by atoms with Gasteiger partial charge in [-0.2, -0.15) is 4.31 Å². The Hall–Kier alpha value is -1.93. The summed E-state index contributed by atoms with van der Waals surface area (Å²) in [5, 5.41) is 0. The molecule has 1 saturated carbocycles. The summed E-state index contributed by atoms with van der Waals surface area (Å²) in [5.41, 5.74) is 0.879. The number of nitrogens with zero attached hydrogens (tertiary/aromatic N) is 1. The van der Waals surface area contributed by atoms with Gasteiger partial charge >= 0.3 is 5.97 Å². The van der Waals surface area contributed by atoms with Crippen LogP contribution in [0.25, 0.3) is 0 Å². The maximum atomic E-state index is 13.3. The highest BCUT2D eigenvalue weighted by Gasteiger charge is 2.42. The summed E-state index contributed by atoms with van der Waals surface area (Å²) in [6.07, 6.45) is 3.36. The Balaban J connectivity index is 1.84. The van der Waals surface area contributed by atoms with Crippen molar-refractivity contribution in [1.29, 1.82) is 0 Å². The standard InChI is InChI=1S/C20H27NO6S/c1-13-6-7-19(18(9-13)27-14(2)10-15-11-16(15)12-22)28(24,25)21-8-4-5-17(21)20(23)26-3/h6-7,9,12,14-17H,4-5,8,10-11H2,1-3H3/t14?,15-,16+,17+/m1/s1. The van der Waals surface area contributed by atoms with E-state index >= 15 is 0 Å². The fourth-order valence-electron chi connectivity index (χ4n) is 3.85. The van der Waals surface area contributed by atoms with Gasteiger partial charge in [0.25, 0.3) is 0 Å². The lowest BCUT2D eigenvalue weighted by Gasteiger charge is -2.24. The minimum absolute atomic E-state index is 0.0588. The lowest BCUT2D eigenvalue weighted by Crippen LogP contribution is -2.41. The molecule has 1 aromatic carbocycles. The summed E-state index contributed by atoms with van der Waals surface area (Å²) in [6, 6.07) is 4.15. The van der Waals surface area contributed by atoms with Crippen LogP contribution < -0.4 is 4.74 Å². The average Bonchev–Trinajstić information content (AvgIpc) is 3.19.